The molecule has 0 fully saturated rings. The molecule has 1 amide bonds. The molecule has 0 radical (unpaired) electrons. The van der Waals surface area contributed by atoms with Gasteiger partial charge in [0.25, 0.3) is 0 Å². The van der Waals surface area contributed by atoms with E-state index in [-0.39, 0.29) is 5.69 Å². The Morgan fingerprint density at radius 1 is 1.29 bits per heavy atom. The van der Waals surface area contributed by atoms with E-state index in [0.717, 1.165) is 18.2 Å². The molecule has 0 spiro atoms. The topological polar surface area (TPSA) is 86.6 Å². The molecule has 74 valence electrons. The molecule has 5 nitrogen and oxygen atoms in total. The molecule has 14 heavy (non-hydrogen) atoms. The monoisotopic (exact) mass is 199 g/mol. The van der Waals surface area contributed by atoms with E-state index >= 15 is 0 Å². The number of rotatable bonds is 2. The van der Waals surface area contributed by atoms with Gasteiger partial charge >= 0.3 is 12.1 Å². The third-order valence-corrected chi connectivity index (χ3v) is 1.45. The van der Waals surface area contributed by atoms with E-state index < -0.39 is 23.4 Å². The van der Waals surface area contributed by atoms with Crippen molar-refractivity contribution in [1.29, 1.82) is 0 Å². The number of carboxylic acid groups (broad SMARTS) is 2. The van der Waals surface area contributed by atoms with Crippen molar-refractivity contribution in [2.24, 2.45) is 0 Å². The van der Waals surface area contributed by atoms with Crippen molar-refractivity contribution in [3.63, 3.8) is 0 Å². The van der Waals surface area contributed by atoms with Crippen LogP contribution in [0, 0.1) is 5.82 Å². The predicted octanol–water partition coefficient (Wildman–Crippen LogP) is 1.61. The number of amides is 1. The summed E-state index contributed by atoms with van der Waals surface area (Å²) in [5.41, 5.74) is -0.584. The summed E-state index contributed by atoms with van der Waals surface area (Å²) in [5.74, 6) is -2.13. The molecule has 0 heterocycles. The van der Waals surface area contributed by atoms with Gasteiger partial charge in [-0.1, -0.05) is 0 Å². The Morgan fingerprint density at radius 2 is 1.93 bits per heavy atom. The lowest BCUT2D eigenvalue weighted by Crippen LogP contribution is -2.11. The summed E-state index contributed by atoms with van der Waals surface area (Å²) in [4.78, 5) is 20.8. The molecule has 1 aromatic rings. The Bertz CT molecular complexity index is 391. The molecule has 1 aromatic carbocycles. The maximum Gasteiger partial charge on any atom is 0.409 e. The smallest absolute Gasteiger partial charge is 0.409 e. The number of carbonyl (C=O) groups is 2. The zero-order valence-corrected chi connectivity index (χ0v) is 6.82. The first kappa shape index (κ1) is 9.97. The van der Waals surface area contributed by atoms with Crippen LogP contribution < -0.4 is 5.32 Å². The Hall–Kier alpha value is -2.11. The average molecular weight is 199 g/mol. The third-order valence-electron chi connectivity index (χ3n) is 1.45. The van der Waals surface area contributed by atoms with E-state index in [0.29, 0.717) is 0 Å². The highest BCUT2D eigenvalue weighted by Gasteiger charge is 2.12. The molecule has 0 aliphatic carbocycles. The second-order valence-electron chi connectivity index (χ2n) is 2.43. The number of nitrogens with one attached hydrogen (secondary N) is 1. The molecule has 0 bridgehead atoms. The Balaban J connectivity index is 3.14. The van der Waals surface area contributed by atoms with Gasteiger partial charge in [-0.3, -0.25) is 5.32 Å². The molecule has 1 rings (SSSR count). The van der Waals surface area contributed by atoms with Gasteiger partial charge in [0.05, 0.1) is 11.3 Å². The van der Waals surface area contributed by atoms with Crippen molar-refractivity contribution in [2.75, 3.05) is 5.32 Å². The van der Waals surface area contributed by atoms with Crippen LogP contribution in [-0.4, -0.2) is 22.3 Å². The fourth-order valence-corrected chi connectivity index (χ4v) is 0.918. The minimum absolute atomic E-state index is 0.161. The first-order chi connectivity index (χ1) is 6.50. The molecule has 6 heteroatoms. The molecule has 0 aromatic heterocycles. The number of benzene rings is 1. The summed E-state index contributed by atoms with van der Waals surface area (Å²) in [6.07, 6.45) is -1.40. The summed E-state index contributed by atoms with van der Waals surface area (Å²) >= 11 is 0. The maximum absolute atomic E-state index is 12.6. The first-order valence-electron chi connectivity index (χ1n) is 3.53. The number of aromatic carboxylic acids is 1. The molecule has 0 aliphatic heterocycles. The fraction of sp³-hybridized carbons (Fsp3) is 0. The van der Waals surface area contributed by atoms with Crippen molar-refractivity contribution in [3.8, 4) is 0 Å². The van der Waals surface area contributed by atoms with Crippen molar-refractivity contribution in [2.45, 2.75) is 0 Å². The van der Waals surface area contributed by atoms with Crippen molar-refractivity contribution >= 4 is 17.7 Å². The van der Waals surface area contributed by atoms with Crippen LogP contribution in [0.25, 0.3) is 0 Å². The zero-order valence-electron chi connectivity index (χ0n) is 6.82. The van der Waals surface area contributed by atoms with E-state index in [1.54, 1.807) is 0 Å². The molecular formula is C8H6FNO4. The van der Waals surface area contributed by atoms with Crippen molar-refractivity contribution < 1.29 is 24.2 Å². The third kappa shape index (κ3) is 2.19. The van der Waals surface area contributed by atoms with Crippen LogP contribution >= 0.6 is 0 Å². The summed E-state index contributed by atoms with van der Waals surface area (Å²) in [5, 5.41) is 18.8. The van der Waals surface area contributed by atoms with Crippen LogP contribution in [0.2, 0.25) is 0 Å². The molecule has 0 atom stereocenters. The highest BCUT2D eigenvalue weighted by Crippen LogP contribution is 2.16. The Labute approximate surface area is 77.8 Å². The SMILES string of the molecule is O=C(O)Nc1ccc(F)cc1C(=O)O. The number of hydrogen-bond donors (Lipinski definition) is 3. The second-order valence-corrected chi connectivity index (χ2v) is 2.43. The largest absolute Gasteiger partial charge is 0.478 e. The van der Waals surface area contributed by atoms with Gasteiger partial charge in [0, 0.05) is 0 Å². The van der Waals surface area contributed by atoms with E-state index in [4.69, 9.17) is 10.2 Å². The minimum atomic E-state index is -1.40. The number of carboxylic acids is 1. The van der Waals surface area contributed by atoms with E-state index in [2.05, 4.69) is 0 Å². The summed E-state index contributed by atoms with van der Waals surface area (Å²) in [7, 11) is 0. The number of anilines is 1. The lowest BCUT2D eigenvalue weighted by atomic mass is 10.2. The second kappa shape index (κ2) is 3.73. The van der Waals surface area contributed by atoms with Crippen LogP contribution in [-0.2, 0) is 0 Å². The molecule has 0 unspecified atom stereocenters. The van der Waals surface area contributed by atoms with Crippen LogP contribution in [0.3, 0.4) is 0 Å². The highest BCUT2D eigenvalue weighted by molar-refractivity contribution is 5.98. The standard InChI is InChI=1S/C8H6FNO4/c9-4-1-2-6(10-8(13)14)5(3-4)7(11)12/h1-3,10H,(H,11,12)(H,13,14). The van der Waals surface area contributed by atoms with E-state index in [1.165, 1.54) is 0 Å². The van der Waals surface area contributed by atoms with Gasteiger partial charge in [-0.05, 0) is 18.2 Å². The van der Waals surface area contributed by atoms with E-state index in [1.807, 2.05) is 5.32 Å². The maximum atomic E-state index is 12.6. The van der Waals surface area contributed by atoms with Crippen molar-refractivity contribution in [3.05, 3.63) is 29.6 Å². The fourth-order valence-electron chi connectivity index (χ4n) is 0.918. The molecule has 0 saturated carbocycles. The minimum Gasteiger partial charge on any atom is -0.478 e. The highest BCUT2D eigenvalue weighted by atomic mass is 19.1. The molecule has 0 aliphatic rings. The zero-order chi connectivity index (χ0) is 10.7. The number of halogens is 1. The molecule has 3 N–H and O–H groups in total. The normalized spacial score (nSPS) is 9.50. The van der Waals surface area contributed by atoms with Gasteiger partial charge in [0.15, 0.2) is 0 Å². The quantitative estimate of drug-likeness (QED) is 0.675. The van der Waals surface area contributed by atoms with Gasteiger partial charge < -0.3 is 10.2 Å². The molecule has 0 saturated heterocycles. The summed E-state index contributed by atoms with van der Waals surface area (Å²) < 4.78 is 12.6. The lowest BCUT2D eigenvalue weighted by Gasteiger charge is -2.04. The molecular weight excluding hydrogens is 193 g/mol. The van der Waals surface area contributed by atoms with Gasteiger partial charge in [-0.15, -0.1) is 0 Å². The predicted molar refractivity (Wildman–Crippen MR) is 45.0 cm³/mol. The van der Waals surface area contributed by atoms with Crippen LogP contribution in [0.5, 0.6) is 0 Å². The van der Waals surface area contributed by atoms with Gasteiger partial charge in [0.2, 0.25) is 0 Å². The van der Waals surface area contributed by atoms with Crippen LogP contribution in [0.15, 0.2) is 18.2 Å². The van der Waals surface area contributed by atoms with Gasteiger partial charge in [0.1, 0.15) is 5.82 Å². The van der Waals surface area contributed by atoms with Gasteiger partial charge in [-0.25, -0.2) is 14.0 Å². The summed E-state index contributed by atoms with van der Waals surface area (Å²) in [6.45, 7) is 0. The van der Waals surface area contributed by atoms with Gasteiger partial charge in [-0.2, -0.15) is 0 Å². The average Bonchev–Trinajstić information content (AvgIpc) is 2.07. The summed E-state index contributed by atoms with van der Waals surface area (Å²) in [6, 6.07) is 2.76. The Morgan fingerprint density at radius 3 is 2.43 bits per heavy atom. The van der Waals surface area contributed by atoms with Crippen LogP contribution in [0.1, 0.15) is 10.4 Å². The van der Waals surface area contributed by atoms with Crippen molar-refractivity contribution in [1.82, 2.24) is 0 Å². The first-order valence-corrected chi connectivity index (χ1v) is 3.53. The number of hydrogen-bond acceptors (Lipinski definition) is 2. The van der Waals surface area contributed by atoms with E-state index in [9.17, 15) is 14.0 Å². The van der Waals surface area contributed by atoms with Crippen LogP contribution in [0.4, 0.5) is 14.9 Å². The lowest BCUT2D eigenvalue weighted by molar-refractivity contribution is 0.0697. The Kier molecular flexibility index (Phi) is 2.66.